The molecule has 2 N–H and O–H groups in total. The molecule has 2 fully saturated rings. The van der Waals surface area contributed by atoms with Gasteiger partial charge in [0.1, 0.15) is 5.75 Å². The van der Waals surface area contributed by atoms with Crippen molar-refractivity contribution in [1.82, 2.24) is 19.8 Å². The number of nitrogens with one attached hydrogen (secondary N) is 2. The molecular weight excluding hydrogens is 372 g/mol. The Morgan fingerprint density at radius 1 is 1.07 bits per heavy atom. The van der Waals surface area contributed by atoms with Crippen LogP contribution in [0.25, 0.3) is 5.69 Å². The Balaban J connectivity index is 1.58. The van der Waals surface area contributed by atoms with E-state index in [1.807, 2.05) is 4.90 Å². The highest BCUT2D eigenvalue weighted by atomic mass is 16.5. The predicted molar refractivity (Wildman–Crippen MR) is 109 cm³/mol. The van der Waals surface area contributed by atoms with E-state index >= 15 is 0 Å². The van der Waals surface area contributed by atoms with Crippen molar-refractivity contribution in [1.29, 1.82) is 0 Å². The molecule has 0 atom stereocenters. The van der Waals surface area contributed by atoms with Crippen LogP contribution in [0.5, 0.6) is 5.75 Å². The van der Waals surface area contributed by atoms with Crippen molar-refractivity contribution in [2.75, 3.05) is 33.3 Å². The average Bonchev–Trinajstić information content (AvgIpc) is 2.74. The lowest BCUT2D eigenvalue weighted by Crippen LogP contribution is -2.47. The fourth-order valence-corrected chi connectivity index (χ4v) is 4.44. The molecule has 3 heterocycles. The zero-order valence-electron chi connectivity index (χ0n) is 16.6. The van der Waals surface area contributed by atoms with Gasteiger partial charge >= 0.3 is 5.69 Å². The number of benzene rings is 1. The van der Waals surface area contributed by atoms with E-state index in [0.29, 0.717) is 22.4 Å². The molecule has 2 saturated heterocycles. The van der Waals surface area contributed by atoms with Crippen LogP contribution >= 0.6 is 0 Å². The Hall–Kier alpha value is -2.87. The Morgan fingerprint density at radius 3 is 2.45 bits per heavy atom. The van der Waals surface area contributed by atoms with Crippen molar-refractivity contribution in [3.05, 3.63) is 56.9 Å². The first-order valence-electron chi connectivity index (χ1n) is 10.0. The molecule has 0 bridgehead atoms. The number of carbonyl (C=O) groups excluding carboxylic acids is 1. The standard InChI is InChI=1S/C21H26N4O4/c1-29-17-3-2-15(14-16(17)25-11-4-18(26)23-20(25)28)19(27)24-12-7-21(8-13-24)5-9-22-10-6-21/h2-4,11,14,22H,5-10,12-13H2,1H3,(H,23,26,28). The zero-order chi connectivity index (χ0) is 20.4. The minimum Gasteiger partial charge on any atom is -0.495 e. The van der Waals surface area contributed by atoms with Gasteiger partial charge in [0.05, 0.1) is 12.8 Å². The van der Waals surface area contributed by atoms with Crippen molar-refractivity contribution in [2.24, 2.45) is 5.41 Å². The summed E-state index contributed by atoms with van der Waals surface area (Å²) in [4.78, 5) is 40.8. The molecule has 2 aliphatic rings. The van der Waals surface area contributed by atoms with Crippen molar-refractivity contribution in [3.8, 4) is 11.4 Å². The third-order valence-corrected chi connectivity index (χ3v) is 6.28. The summed E-state index contributed by atoms with van der Waals surface area (Å²) < 4.78 is 6.63. The number of amides is 1. The summed E-state index contributed by atoms with van der Waals surface area (Å²) in [6.45, 7) is 3.62. The monoisotopic (exact) mass is 398 g/mol. The molecule has 1 aromatic carbocycles. The molecule has 1 spiro atoms. The number of likely N-dealkylation sites (tertiary alicyclic amines) is 1. The summed E-state index contributed by atoms with van der Waals surface area (Å²) in [6, 6.07) is 6.31. The lowest BCUT2D eigenvalue weighted by molar-refractivity contribution is 0.0495. The van der Waals surface area contributed by atoms with Crippen molar-refractivity contribution >= 4 is 5.91 Å². The number of methoxy groups -OCH3 is 1. The van der Waals surface area contributed by atoms with E-state index in [1.165, 1.54) is 36.8 Å². The molecule has 0 saturated carbocycles. The minimum atomic E-state index is -0.578. The number of H-pyrrole nitrogens is 1. The SMILES string of the molecule is COc1ccc(C(=O)N2CCC3(CCNCC3)CC2)cc1-n1ccc(=O)[nH]c1=O. The van der Waals surface area contributed by atoms with Crippen LogP contribution in [-0.2, 0) is 0 Å². The summed E-state index contributed by atoms with van der Waals surface area (Å²) >= 11 is 0. The van der Waals surface area contributed by atoms with Gasteiger partial charge in [-0.25, -0.2) is 4.79 Å². The average molecular weight is 398 g/mol. The number of carbonyl (C=O) groups is 1. The number of rotatable bonds is 3. The van der Waals surface area contributed by atoms with E-state index in [0.717, 1.165) is 39.0 Å². The first kappa shape index (κ1) is 19.4. The van der Waals surface area contributed by atoms with Crippen LogP contribution in [0.1, 0.15) is 36.0 Å². The molecule has 154 valence electrons. The molecule has 2 aromatic rings. The predicted octanol–water partition coefficient (Wildman–Crippen LogP) is 1.14. The van der Waals surface area contributed by atoms with Crippen LogP contribution in [0.15, 0.2) is 40.1 Å². The third-order valence-electron chi connectivity index (χ3n) is 6.28. The quantitative estimate of drug-likeness (QED) is 0.808. The van der Waals surface area contributed by atoms with E-state index < -0.39 is 11.2 Å². The Bertz CT molecular complexity index is 1010. The first-order valence-corrected chi connectivity index (χ1v) is 10.0. The summed E-state index contributed by atoms with van der Waals surface area (Å²) in [5.74, 6) is 0.401. The molecule has 1 aromatic heterocycles. The molecule has 2 aliphatic heterocycles. The van der Waals surface area contributed by atoms with Crippen LogP contribution in [0.2, 0.25) is 0 Å². The molecule has 0 radical (unpaired) electrons. The lowest BCUT2D eigenvalue weighted by atomic mass is 9.71. The molecule has 0 aliphatic carbocycles. The van der Waals surface area contributed by atoms with E-state index in [-0.39, 0.29) is 5.91 Å². The second kappa shape index (κ2) is 7.87. The van der Waals surface area contributed by atoms with Gasteiger partial charge < -0.3 is 15.0 Å². The van der Waals surface area contributed by atoms with Crippen LogP contribution < -0.4 is 21.3 Å². The van der Waals surface area contributed by atoms with Crippen LogP contribution in [0, 0.1) is 5.41 Å². The van der Waals surface area contributed by atoms with Gasteiger partial charge in [-0.05, 0) is 62.4 Å². The normalized spacial score (nSPS) is 18.6. The topological polar surface area (TPSA) is 96.4 Å². The van der Waals surface area contributed by atoms with Crippen LogP contribution in [0.4, 0.5) is 0 Å². The molecular formula is C21H26N4O4. The van der Waals surface area contributed by atoms with E-state index in [9.17, 15) is 14.4 Å². The summed E-state index contributed by atoms with van der Waals surface area (Å²) in [5.41, 5.74) is 0.242. The maximum atomic E-state index is 13.1. The van der Waals surface area contributed by atoms with E-state index in [1.54, 1.807) is 18.2 Å². The minimum absolute atomic E-state index is 0.0461. The van der Waals surface area contributed by atoms with Crippen molar-refractivity contribution in [2.45, 2.75) is 25.7 Å². The van der Waals surface area contributed by atoms with Gasteiger partial charge in [0.25, 0.3) is 11.5 Å². The number of piperidine rings is 2. The maximum absolute atomic E-state index is 13.1. The van der Waals surface area contributed by atoms with Gasteiger partial charge in [-0.2, -0.15) is 0 Å². The fourth-order valence-electron chi connectivity index (χ4n) is 4.44. The molecule has 8 nitrogen and oxygen atoms in total. The Morgan fingerprint density at radius 2 is 1.79 bits per heavy atom. The number of aromatic amines is 1. The summed E-state index contributed by atoms with van der Waals surface area (Å²) in [5, 5.41) is 3.41. The Labute approximate surface area is 168 Å². The molecule has 1 amide bonds. The molecule has 29 heavy (non-hydrogen) atoms. The highest BCUT2D eigenvalue weighted by molar-refractivity contribution is 5.95. The zero-order valence-corrected chi connectivity index (χ0v) is 16.6. The molecule has 4 rings (SSSR count). The second-order valence-electron chi connectivity index (χ2n) is 7.91. The Kier molecular flexibility index (Phi) is 5.27. The lowest BCUT2D eigenvalue weighted by Gasteiger charge is -2.44. The van der Waals surface area contributed by atoms with Gasteiger partial charge in [0.2, 0.25) is 0 Å². The highest BCUT2D eigenvalue weighted by Crippen LogP contribution is 2.39. The molecule has 0 unspecified atom stereocenters. The van der Waals surface area contributed by atoms with Crippen LogP contribution in [-0.4, -0.2) is 53.6 Å². The van der Waals surface area contributed by atoms with Gasteiger partial charge in [-0.15, -0.1) is 0 Å². The summed E-state index contributed by atoms with van der Waals surface area (Å²) in [7, 11) is 1.50. The number of hydrogen-bond acceptors (Lipinski definition) is 5. The van der Waals surface area contributed by atoms with E-state index in [4.69, 9.17) is 4.74 Å². The van der Waals surface area contributed by atoms with Crippen molar-refractivity contribution in [3.63, 3.8) is 0 Å². The van der Waals surface area contributed by atoms with Gasteiger partial charge in [-0.1, -0.05) is 0 Å². The van der Waals surface area contributed by atoms with Crippen molar-refractivity contribution < 1.29 is 9.53 Å². The first-order chi connectivity index (χ1) is 14.0. The molecule has 8 heteroatoms. The third kappa shape index (κ3) is 3.85. The number of ether oxygens (including phenoxy) is 1. The highest BCUT2D eigenvalue weighted by Gasteiger charge is 2.36. The number of hydrogen-bond donors (Lipinski definition) is 2. The van der Waals surface area contributed by atoms with Crippen LogP contribution in [0.3, 0.4) is 0 Å². The van der Waals surface area contributed by atoms with E-state index in [2.05, 4.69) is 10.3 Å². The van der Waals surface area contributed by atoms with Gasteiger partial charge in [-0.3, -0.25) is 19.1 Å². The largest absolute Gasteiger partial charge is 0.495 e. The van der Waals surface area contributed by atoms with Gasteiger partial charge in [0, 0.05) is 30.9 Å². The number of nitrogens with zero attached hydrogens (tertiary/aromatic N) is 2. The fraction of sp³-hybridized carbons (Fsp3) is 0.476. The summed E-state index contributed by atoms with van der Waals surface area (Å²) in [6.07, 6.45) is 5.80. The number of aromatic nitrogens is 2. The second-order valence-corrected chi connectivity index (χ2v) is 7.91. The maximum Gasteiger partial charge on any atom is 0.333 e. The smallest absolute Gasteiger partial charge is 0.333 e. The van der Waals surface area contributed by atoms with Gasteiger partial charge in [0.15, 0.2) is 0 Å².